The highest BCUT2D eigenvalue weighted by Gasteiger charge is 1.96. The van der Waals surface area contributed by atoms with Crippen LogP contribution in [0.4, 0.5) is 0 Å². The summed E-state index contributed by atoms with van der Waals surface area (Å²) in [5.41, 5.74) is 2.25. The quantitative estimate of drug-likeness (QED) is 0.604. The monoisotopic (exact) mass is 178 g/mol. The number of hydrogen-bond acceptors (Lipinski definition) is 0. The molecule has 0 radical (unpaired) electrons. The Balaban J connectivity index is 3.07. The molecular formula is C11H11Cl. The maximum Gasteiger partial charge on any atom is 0.0441 e. The molecule has 0 aliphatic carbocycles. The molecule has 0 aliphatic rings. The zero-order valence-corrected chi connectivity index (χ0v) is 7.81. The highest BCUT2D eigenvalue weighted by atomic mass is 35.5. The van der Waals surface area contributed by atoms with Gasteiger partial charge >= 0.3 is 0 Å². The van der Waals surface area contributed by atoms with E-state index in [0.29, 0.717) is 0 Å². The van der Waals surface area contributed by atoms with Gasteiger partial charge in [-0.05, 0) is 24.1 Å². The van der Waals surface area contributed by atoms with Gasteiger partial charge in [-0.2, -0.15) is 0 Å². The van der Waals surface area contributed by atoms with Crippen molar-refractivity contribution in [1.29, 1.82) is 0 Å². The van der Waals surface area contributed by atoms with Crippen LogP contribution in [0.5, 0.6) is 0 Å². The van der Waals surface area contributed by atoms with Gasteiger partial charge < -0.3 is 0 Å². The van der Waals surface area contributed by atoms with Gasteiger partial charge in [0.15, 0.2) is 0 Å². The van der Waals surface area contributed by atoms with Gasteiger partial charge in [0, 0.05) is 5.02 Å². The molecule has 0 unspecified atom stereocenters. The van der Waals surface area contributed by atoms with Crippen LogP contribution < -0.4 is 0 Å². The Bertz CT molecular complexity index is 311. The molecular weight excluding hydrogens is 168 g/mol. The zero-order chi connectivity index (χ0) is 8.97. The molecule has 1 rings (SSSR count). The van der Waals surface area contributed by atoms with Crippen LogP contribution in [0.1, 0.15) is 11.1 Å². The molecule has 0 saturated carbocycles. The topological polar surface area (TPSA) is 0 Å². The minimum absolute atomic E-state index is 0.807. The molecule has 12 heavy (non-hydrogen) atoms. The summed E-state index contributed by atoms with van der Waals surface area (Å²) in [6.07, 6.45) is 5.65. The summed E-state index contributed by atoms with van der Waals surface area (Å²) >= 11 is 5.93. The van der Waals surface area contributed by atoms with Crippen molar-refractivity contribution >= 4 is 17.7 Å². The van der Waals surface area contributed by atoms with Gasteiger partial charge in [-0.25, -0.2) is 0 Å². The molecule has 0 heterocycles. The predicted octanol–water partition coefficient (Wildman–Crippen LogP) is 3.85. The van der Waals surface area contributed by atoms with Crippen molar-refractivity contribution < 1.29 is 0 Å². The van der Waals surface area contributed by atoms with Gasteiger partial charge in [0.05, 0.1) is 0 Å². The molecule has 1 aromatic rings. The van der Waals surface area contributed by atoms with E-state index in [1.165, 1.54) is 0 Å². The van der Waals surface area contributed by atoms with Crippen molar-refractivity contribution in [3.63, 3.8) is 0 Å². The van der Waals surface area contributed by atoms with Crippen molar-refractivity contribution in [2.75, 3.05) is 0 Å². The van der Waals surface area contributed by atoms with Gasteiger partial charge in [0.25, 0.3) is 0 Å². The molecule has 0 aromatic heterocycles. The van der Waals surface area contributed by atoms with Crippen molar-refractivity contribution in [2.45, 2.75) is 6.92 Å². The first-order chi connectivity index (χ1) is 5.75. The van der Waals surface area contributed by atoms with E-state index in [9.17, 15) is 0 Å². The average Bonchev–Trinajstić information content (AvgIpc) is 2.08. The van der Waals surface area contributed by atoms with E-state index in [0.717, 1.165) is 16.1 Å². The number of hydrogen-bond donors (Lipinski definition) is 0. The summed E-state index contributed by atoms with van der Waals surface area (Å²) in [6.45, 7) is 5.61. The summed E-state index contributed by atoms with van der Waals surface area (Å²) in [7, 11) is 0. The van der Waals surface area contributed by atoms with E-state index in [-0.39, 0.29) is 0 Å². The van der Waals surface area contributed by atoms with Crippen LogP contribution in [0.3, 0.4) is 0 Å². The van der Waals surface area contributed by atoms with E-state index in [4.69, 9.17) is 11.6 Å². The minimum atomic E-state index is 0.807. The number of benzene rings is 1. The average molecular weight is 179 g/mol. The molecule has 0 amide bonds. The summed E-state index contributed by atoms with van der Waals surface area (Å²) < 4.78 is 0. The van der Waals surface area contributed by atoms with E-state index in [2.05, 4.69) is 6.58 Å². The Labute approximate surface area is 78.2 Å². The SMILES string of the molecule is C=C/C=C\c1cccc(Cl)c1C. The molecule has 0 aliphatic heterocycles. The summed E-state index contributed by atoms with van der Waals surface area (Å²) in [5, 5.41) is 0.807. The Kier molecular flexibility index (Phi) is 3.12. The Hall–Kier alpha value is -1.01. The Morgan fingerprint density at radius 1 is 1.42 bits per heavy atom. The molecule has 1 heteroatoms. The van der Waals surface area contributed by atoms with Crippen LogP contribution in [0.25, 0.3) is 6.08 Å². The second-order valence-corrected chi connectivity index (χ2v) is 2.96. The maximum absolute atomic E-state index is 5.93. The summed E-state index contributed by atoms with van der Waals surface area (Å²) in [5.74, 6) is 0. The van der Waals surface area contributed by atoms with Crippen LogP contribution in [-0.4, -0.2) is 0 Å². The van der Waals surface area contributed by atoms with Gasteiger partial charge in [0.2, 0.25) is 0 Å². The molecule has 0 nitrogen and oxygen atoms in total. The van der Waals surface area contributed by atoms with Crippen LogP contribution in [0.2, 0.25) is 5.02 Å². The first-order valence-corrected chi connectivity index (χ1v) is 4.17. The van der Waals surface area contributed by atoms with Crippen LogP contribution in [0.15, 0.2) is 36.9 Å². The second-order valence-electron chi connectivity index (χ2n) is 2.55. The second kappa shape index (κ2) is 4.13. The van der Waals surface area contributed by atoms with Gasteiger partial charge in [-0.15, -0.1) is 0 Å². The van der Waals surface area contributed by atoms with Crippen LogP contribution in [-0.2, 0) is 0 Å². The number of rotatable bonds is 2. The van der Waals surface area contributed by atoms with Crippen molar-refractivity contribution in [1.82, 2.24) is 0 Å². The first kappa shape index (κ1) is 9.08. The fraction of sp³-hybridized carbons (Fsp3) is 0.0909. The number of halogens is 1. The first-order valence-electron chi connectivity index (χ1n) is 3.80. The zero-order valence-electron chi connectivity index (χ0n) is 7.05. The van der Waals surface area contributed by atoms with E-state index in [1.54, 1.807) is 6.08 Å². The smallest absolute Gasteiger partial charge is 0.0441 e. The van der Waals surface area contributed by atoms with E-state index in [1.807, 2.05) is 37.3 Å². The largest absolute Gasteiger partial charge is 0.0991 e. The van der Waals surface area contributed by atoms with Gasteiger partial charge in [-0.1, -0.05) is 48.5 Å². The third-order valence-corrected chi connectivity index (χ3v) is 2.13. The Morgan fingerprint density at radius 3 is 2.83 bits per heavy atom. The third kappa shape index (κ3) is 1.99. The van der Waals surface area contributed by atoms with Crippen molar-refractivity contribution in [3.8, 4) is 0 Å². The lowest BCUT2D eigenvalue weighted by molar-refractivity contribution is 1.44. The predicted molar refractivity (Wildman–Crippen MR) is 55.4 cm³/mol. The highest BCUT2D eigenvalue weighted by molar-refractivity contribution is 6.31. The molecule has 0 N–H and O–H groups in total. The normalized spacial score (nSPS) is 10.5. The molecule has 0 fully saturated rings. The van der Waals surface area contributed by atoms with Crippen molar-refractivity contribution in [3.05, 3.63) is 53.1 Å². The minimum Gasteiger partial charge on any atom is -0.0991 e. The van der Waals surface area contributed by atoms with E-state index >= 15 is 0 Å². The molecule has 0 bridgehead atoms. The third-order valence-electron chi connectivity index (χ3n) is 1.72. The Morgan fingerprint density at radius 2 is 2.17 bits per heavy atom. The fourth-order valence-electron chi connectivity index (χ4n) is 0.976. The standard InChI is InChI=1S/C11H11Cl/c1-3-4-6-10-7-5-8-11(12)9(10)2/h3-8H,1H2,2H3/b6-4-. The molecule has 0 atom stereocenters. The van der Waals surface area contributed by atoms with Crippen molar-refractivity contribution in [2.24, 2.45) is 0 Å². The number of allylic oxidation sites excluding steroid dienone is 2. The molecule has 0 saturated heterocycles. The maximum atomic E-state index is 5.93. The molecule has 0 spiro atoms. The lowest BCUT2D eigenvalue weighted by Gasteiger charge is -2.00. The van der Waals surface area contributed by atoms with Gasteiger partial charge in [-0.3, -0.25) is 0 Å². The van der Waals surface area contributed by atoms with Crippen LogP contribution >= 0.6 is 11.6 Å². The summed E-state index contributed by atoms with van der Waals surface area (Å²) in [6, 6.07) is 5.86. The molecule has 1 aromatic carbocycles. The van der Waals surface area contributed by atoms with Gasteiger partial charge in [0.1, 0.15) is 0 Å². The highest BCUT2D eigenvalue weighted by Crippen LogP contribution is 2.19. The van der Waals surface area contributed by atoms with Crippen LogP contribution in [0, 0.1) is 6.92 Å². The molecule has 62 valence electrons. The lowest BCUT2D eigenvalue weighted by Crippen LogP contribution is -1.80. The summed E-state index contributed by atoms with van der Waals surface area (Å²) in [4.78, 5) is 0. The lowest BCUT2D eigenvalue weighted by atomic mass is 10.1. The fourth-order valence-corrected chi connectivity index (χ4v) is 1.16. The van der Waals surface area contributed by atoms with E-state index < -0.39 is 0 Å².